The number of morpholine rings is 1. The summed E-state index contributed by atoms with van der Waals surface area (Å²) in [6.07, 6.45) is 0.372. The minimum absolute atomic E-state index is 0.112. The summed E-state index contributed by atoms with van der Waals surface area (Å²) in [4.78, 5) is 17.3. The summed E-state index contributed by atoms with van der Waals surface area (Å²) in [5.74, 6) is 0.979. The summed E-state index contributed by atoms with van der Waals surface area (Å²) < 4.78 is 16.8. The van der Waals surface area contributed by atoms with Crippen LogP contribution in [0.25, 0.3) is 0 Å². The molecular weight excluding hydrogens is 380 g/mol. The first-order valence-corrected chi connectivity index (χ1v) is 10.6. The van der Waals surface area contributed by atoms with E-state index in [-0.39, 0.29) is 17.4 Å². The number of anilines is 1. The van der Waals surface area contributed by atoms with Crippen LogP contribution in [0.1, 0.15) is 17.5 Å². The summed E-state index contributed by atoms with van der Waals surface area (Å²) in [5, 5.41) is 0. The van der Waals surface area contributed by atoms with E-state index in [0.717, 1.165) is 25.3 Å². The molecule has 2 atom stereocenters. The number of amides is 1. The van der Waals surface area contributed by atoms with Crippen molar-refractivity contribution in [1.29, 1.82) is 0 Å². The molecule has 2 saturated heterocycles. The quantitative estimate of drug-likeness (QED) is 0.779. The first-order chi connectivity index (χ1) is 14.7. The predicted molar refractivity (Wildman–Crippen MR) is 114 cm³/mol. The maximum atomic E-state index is 13.0. The fourth-order valence-electron chi connectivity index (χ4n) is 5.00. The monoisotopic (exact) mass is 408 g/mol. The zero-order valence-electron chi connectivity index (χ0n) is 17.4. The average molecular weight is 408 g/mol. The number of methoxy groups -OCH3 is 1. The van der Waals surface area contributed by atoms with E-state index >= 15 is 0 Å². The lowest BCUT2D eigenvalue weighted by Crippen LogP contribution is -2.46. The Morgan fingerprint density at radius 2 is 1.90 bits per heavy atom. The third-order valence-electron chi connectivity index (χ3n) is 6.58. The van der Waals surface area contributed by atoms with E-state index in [1.807, 2.05) is 17.0 Å². The van der Waals surface area contributed by atoms with Crippen LogP contribution in [-0.2, 0) is 26.2 Å². The lowest BCUT2D eigenvalue weighted by molar-refractivity contribution is -0.144. The van der Waals surface area contributed by atoms with Gasteiger partial charge in [0.25, 0.3) is 5.91 Å². The molecule has 1 amide bonds. The topological polar surface area (TPSA) is 51.2 Å². The van der Waals surface area contributed by atoms with Gasteiger partial charge in [0.05, 0.1) is 26.9 Å². The number of fused-ring (bicyclic) bond motifs is 2. The van der Waals surface area contributed by atoms with Crippen LogP contribution in [0.4, 0.5) is 5.69 Å². The molecule has 3 heterocycles. The molecule has 2 unspecified atom stereocenters. The van der Waals surface area contributed by atoms with E-state index in [2.05, 4.69) is 41.3 Å². The summed E-state index contributed by atoms with van der Waals surface area (Å²) in [6, 6.07) is 16.8. The Kier molecular flexibility index (Phi) is 5.13. The fraction of sp³-hybridized carbons (Fsp3) is 0.458. The zero-order chi connectivity index (χ0) is 20.6. The maximum absolute atomic E-state index is 13.0. The van der Waals surface area contributed by atoms with Gasteiger partial charge in [-0.25, -0.2) is 0 Å². The maximum Gasteiger partial charge on any atom is 0.251 e. The van der Waals surface area contributed by atoms with Gasteiger partial charge < -0.3 is 24.0 Å². The standard InChI is InChI=1S/C24H28N2O4/c1-28-19-8-6-18(7-9-19)15-26-16-24(20-4-2-3-5-21(20)26)14-22(30-17-24)23(27)25-10-12-29-13-11-25/h2-9,22H,10-17H2,1H3. The van der Waals surface area contributed by atoms with E-state index in [4.69, 9.17) is 14.2 Å². The van der Waals surface area contributed by atoms with E-state index in [9.17, 15) is 4.79 Å². The van der Waals surface area contributed by atoms with Gasteiger partial charge in [-0.1, -0.05) is 30.3 Å². The molecule has 2 fully saturated rings. The molecule has 2 aromatic rings. The van der Waals surface area contributed by atoms with Gasteiger partial charge >= 0.3 is 0 Å². The molecule has 3 aliphatic rings. The van der Waals surface area contributed by atoms with Crippen LogP contribution in [0.5, 0.6) is 5.75 Å². The lowest BCUT2D eigenvalue weighted by atomic mass is 9.80. The van der Waals surface area contributed by atoms with Crippen molar-refractivity contribution < 1.29 is 19.0 Å². The van der Waals surface area contributed by atoms with Crippen LogP contribution in [-0.4, -0.2) is 63.5 Å². The Hall–Kier alpha value is -2.57. The van der Waals surface area contributed by atoms with Crippen molar-refractivity contribution >= 4 is 11.6 Å². The number of benzene rings is 2. The molecule has 6 heteroatoms. The van der Waals surface area contributed by atoms with Crippen molar-refractivity contribution in [3.63, 3.8) is 0 Å². The van der Waals surface area contributed by atoms with Gasteiger partial charge in [0.15, 0.2) is 0 Å². The molecule has 30 heavy (non-hydrogen) atoms. The molecular formula is C24H28N2O4. The van der Waals surface area contributed by atoms with Crippen LogP contribution >= 0.6 is 0 Å². The van der Waals surface area contributed by atoms with Crippen molar-refractivity contribution in [1.82, 2.24) is 4.90 Å². The Bertz CT molecular complexity index is 910. The fourth-order valence-corrected chi connectivity index (χ4v) is 5.00. The molecule has 2 aromatic carbocycles. The van der Waals surface area contributed by atoms with Gasteiger partial charge in [0, 0.05) is 37.3 Å². The minimum atomic E-state index is -0.364. The van der Waals surface area contributed by atoms with Gasteiger partial charge in [0.1, 0.15) is 11.9 Å². The third-order valence-corrected chi connectivity index (χ3v) is 6.58. The molecule has 158 valence electrons. The number of hydrogen-bond acceptors (Lipinski definition) is 5. The van der Waals surface area contributed by atoms with Gasteiger partial charge in [-0.15, -0.1) is 0 Å². The molecule has 0 saturated carbocycles. The number of hydrogen-bond donors (Lipinski definition) is 0. The number of nitrogens with zero attached hydrogens (tertiary/aromatic N) is 2. The SMILES string of the molecule is COc1ccc(CN2CC3(COC(C(=O)N4CCOCC4)C3)c3ccccc32)cc1. The highest BCUT2D eigenvalue weighted by Crippen LogP contribution is 2.48. The highest BCUT2D eigenvalue weighted by molar-refractivity contribution is 5.82. The van der Waals surface area contributed by atoms with E-state index in [1.165, 1.54) is 16.8 Å². The Labute approximate surface area is 177 Å². The Morgan fingerprint density at radius 3 is 2.67 bits per heavy atom. The zero-order valence-corrected chi connectivity index (χ0v) is 17.4. The number of carbonyl (C=O) groups excluding carboxylic acids is 1. The summed E-state index contributed by atoms with van der Waals surface area (Å²) in [5.41, 5.74) is 3.66. The molecule has 0 radical (unpaired) electrons. The normalized spacial score (nSPS) is 25.6. The third kappa shape index (κ3) is 3.44. The van der Waals surface area contributed by atoms with Crippen molar-refractivity contribution in [2.45, 2.75) is 24.5 Å². The number of ether oxygens (including phenoxy) is 3. The second kappa shape index (κ2) is 7.93. The Morgan fingerprint density at radius 1 is 1.13 bits per heavy atom. The van der Waals surface area contributed by atoms with Crippen LogP contribution in [0, 0.1) is 0 Å². The van der Waals surface area contributed by atoms with E-state index in [0.29, 0.717) is 32.9 Å². The average Bonchev–Trinajstić information content (AvgIpc) is 3.37. The van der Waals surface area contributed by atoms with Crippen molar-refractivity contribution in [3.05, 3.63) is 59.7 Å². The van der Waals surface area contributed by atoms with Gasteiger partial charge in [-0.3, -0.25) is 4.79 Å². The highest BCUT2D eigenvalue weighted by Gasteiger charge is 2.50. The van der Waals surface area contributed by atoms with Crippen LogP contribution < -0.4 is 9.64 Å². The summed E-state index contributed by atoms with van der Waals surface area (Å²) in [7, 11) is 1.68. The number of para-hydroxylation sites is 1. The number of rotatable bonds is 4. The van der Waals surface area contributed by atoms with Crippen molar-refractivity contribution in [3.8, 4) is 5.75 Å². The van der Waals surface area contributed by atoms with Crippen LogP contribution in [0.3, 0.4) is 0 Å². The molecule has 0 bridgehead atoms. The highest BCUT2D eigenvalue weighted by atomic mass is 16.5. The largest absolute Gasteiger partial charge is 0.497 e. The lowest BCUT2D eigenvalue weighted by Gasteiger charge is -2.29. The summed E-state index contributed by atoms with van der Waals surface area (Å²) in [6.45, 7) is 4.82. The molecule has 0 aliphatic carbocycles. The van der Waals surface area contributed by atoms with Crippen LogP contribution in [0.2, 0.25) is 0 Å². The van der Waals surface area contributed by atoms with Gasteiger partial charge in [-0.2, -0.15) is 0 Å². The second-order valence-electron chi connectivity index (χ2n) is 8.44. The summed E-state index contributed by atoms with van der Waals surface area (Å²) >= 11 is 0. The van der Waals surface area contributed by atoms with Gasteiger partial charge in [0.2, 0.25) is 0 Å². The smallest absolute Gasteiger partial charge is 0.251 e. The molecule has 0 aromatic heterocycles. The van der Waals surface area contributed by atoms with E-state index in [1.54, 1.807) is 7.11 Å². The molecule has 5 rings (SSSR count). The number of carbonyl (C=O) groups is 1. The van der Waals surface area contributed by atoms with Gasteiger partial charge in [-0.05, 0) is 35.7 Å². The first kappa shape index (κ1) is 19.4. The second-order valence-corrected chi connectivity index (χ2v) is 8.44. The van der Waals surface area contributed by atoms with E-state index < -0.39 is 0 Å². The predicted octanol–water partition coefficient (Wildman–Crippen LogP) is 2.60. The Balaban J connectivity index is 1.35. The van der Waals surface area contributed by atoms with Crippen molar-refractivity contribution in [2.24, 2.45) is 0 Å². The van der Waals surface area contributed by atoms with Crippen LogP contribution in [0.15, 0.2) is 48.5 Å². The molecule has 3 aliphatic heterocycles. The minimum Gasteiger partial charge on any atom is -0.497 e. The molecule has 1 spiro atoms. The molecule has 0 N–H and O–H groups in total. The molecule has 6 nitrogen and oxygen atoms in total. The van der Waals surface area contributed by atoms with Crippen molar-refractivity contribution in [2.75, 3.05) is 51.5 Å². The first-order valence-electron chi connectivity index (χ1n) is 10.6.